The number of aliphatic hydroxyl groups is 1. The van der Waals surface area contributed by atoms with Crippen LogP contribution in [-0.2, 0) is 4.79 Å². The summed E-state index contributed by atoms with van der Waals surface area (Å²) in [6.07, 6.45) is 5.07. The van der Waals surface area contributed by atoms with Crippen LogP contribution in [0.1, 0.15) is 44.8 Å². The number of aliphatic hydroxyl groups excluding tert-OH is 1. The molecule has 1 aromatic heterocycles. The minimum Gasteiger partial charge on any atom is -0.388 e. The number of aromatic nitrogens is 1. The monoisotopic (exact) mass is 291 g/mol. The molecule has 3 atom stereocenters. The molecule has 1 aromatic rings. The second-order valence-electron chi connectivity index (χ2n) is 5.91. The Balaban J connectivity index is 2.20. The van der Waals surface area contributed by atoms with Gasteiger partial charge in [-0.25, -0.2) is 0 Å². The maximum Gasteiger partial charge on any atom is 0.243 e. The summed E-state index contributed by atoms with van der Waals surface area (Å²) in [6, 6.07) is 3.52. The molecule has 1 aliphatic heterocycles. The van der Waals surface area contributed by atoms with Crippen LogP contribution in [0.15, 0.2) is 24.5 Å². The SMILES string of the molecule is CC[C@](N)(C(=O)N1CCCC1)C(C)[C@H](O)c1ccncc1. The molecular weight excluding hydrogens is 266 g/mol. The van der Waals surface area contributed by atoms with Crippen LogP contribution < -0.4 is 5.73 Å². The van der Waals surface area contributed by atoms with Crippen molar-refractivity contribution >= 4 is 5.91 Å². The molecule has 1 aliphatic rings. The summed E-state index contributed by atoms with van der Waals surface area (Å²) in [6.45, 7) is 5.30. The molecule has 1 amide bonds. The first-order valence-electron chi connectivity index (χ1n) is 7.67. The van der Waals surface area contributed by atoms with Crippen LogP contribution in [0.2, 0.25) is 0 Å². The molecule has 5 heteroatoms. The average Bonchev–Trinajstić information content (AvgIpc) is 3.07. The van der Waals surface area contributed by atoms with Crippen LogP contribution in [-0.4, -0.2) is 39.5 Å². The van der Waals surface area contributed by atoms with Gasteiger partial charge in [-0.3, -0.25) is 9.78 Å². The highest BCUT2D eigenvalue weighted by Gasteiger charge is 2.44. The Bertz CT molecular complexity index is 474. The van der Waals surface area contributed by atoms with Gasteiger partial charge in [0, 0.05) is 31.4 Å². The number of nitrogens with zero attached hydrogens (tertiary/aromatic N) is 2. The second-order valence-corrected chi connectivity index (χ2v) is 5.91. The maximum atomic E-state index is 12.8. The zero-order valence-electron chi connectivity index (χ0n) is 12.8. The number of rotatable bonds is 5. The number of hydrogen-bond donors (Lipinski definition) is 2. The van der Waals surface area contributed by atoms with Gasteiger partial charge < -0.3 is 15.7 Å². The van der Waals surface area contributed by atoms with Gasteiger partial charge in [0.2, 0.25) is 5.91 Å². The molecule has 0 saturated carbocycles. The highest BCUT2D eigenvalue weighted by Crippen LogP contribution is 2.33. The van der Waals surface area contributed by atoms with Crippen molar-refractivity contribution < 1.29 is 9.90 Å². The molecule has 2 rings (SSSR count). The maximum absolute atomic E-state index is 12.8. The molecule has 0 radical (unpaired) electrons. The first-order chi connectivity index (χ1) is 10.0. The van der Waals surface area contributed by atoms with Gasteiger partial charge in [0.25, 0.3) is 0 Å². The molecule has 3 N–H and O–H groups in total. The Morgan fingerprint density at radius 1 is 1.43 bits per heavy atom. The van der Waals surface area contributed by atoms with Crippen molar-refractivity contribution in [2.75, 3.05) is 13.1 Å². The minimum absolute atomic E-state index is 0.0388. The Morgan fingerprint density at radius 2 is 2.00 bits per heavy atom. The van der Waals surface area contributed by atoms with Crippen molar-refractivity contribution in [3.63, 3.8) is 0 Å². The molecule has 0 spiro atoms. The van der Waals surface area contributed by atoms with Crippen LogP contribution in [0, 0.1) is 5.92 Å². The van der Waals surface area contributed by atoms with Crippen LogP contribution in [0.25, 0.3) is 0 Å². The van der Waals surface area contributed by atoms with E-state index in [9.17, 15) is 9.90 Å². The standard InChI is InChI=1S/C16H25N3O2/c1-3-16(17,15(21)19-10-4-5-11-19)12(2)14(20)13-6-8-18-9-7-13/h6-9,12,14,20H,3-5,10-11,17H2,1-2H3/t12?,14-,16+/m0/s1. The van der Waals surface area contributed by atoms with Crippen molar-refractivity contribution in [2.45, 2.75) is 44.8 Å². The molecule has 0 aromatic carbocycles. The molecule has 116 valence electrons. The molecule has 1 fully saturated rings. The van der Waals surface area contributed by atoms with Crippen molar-refractivity contribution in [1.29, 1.82) is 0 Å². The zero-order chi connectivity index (χ0) is 15.5. The van der Waals surface area contributed by atoms with Gasteiger partial charge in [-0.2, -0.15) is 0 Å². The van der Waals surface area contributed by atoms with E-state index in [1.807, 2.05) is 18.7 Å². The summed E-state index contributed by atoms with van der Waals surface area (Å²) in [5.74, 6) is -0.402. The van der Waals surface area contributed by atoms with Gasteiger partial charge in [0.15, 0.2) is 0 Å². The number of pyridine rings is 1. The minimum atomic E-state index is -1.03. The fraction of sp³-hybridized carbons (Fsp3) is 0.625. The smallest absolute Gasteiger partial charge is 0.243 e. The third-order valence-corrected chi connectivity index (χ3v) is 4.71. The number of amides is 1. The average molecular weight is 291 g/mol. The van der Waals surface area contributed by atoms with Crippen molar-refractivity contribution in [2.24, 2.45) is 11.7 Å². The molecule has 0 aliphatic carbocycles. The first kappa shape index (κ1) is 15.9. The molecule has 21 heavy (non-hydrogen) atoms. The summed E-state index contributed by atoms with van der Waals surface area (Å²) in [4.78, 5) is 18.5. The Hall–Kier alpha value is -1.46. The number of nitrogens with two attached hydrogens (primary N) is 1. The summed E-state index contributed by atoms with van der Waals surface area (Å²) in [5, 5.41) is 10.6. The lowest BCUT2D eigenvalue weighted by Crippen LogP contribution is -2.59. The van der Waals surface area contributed by atoms with Gasteiger partial charge in [-0.15, -0.1) is 0 Å². The lowest BCUT2D eigenvalue weighted by molar-refractivity contribution is -0.140. The van der Waals surface area contributed by atoms with Crippen LogP contribution in [0.4, 0.5) is 0 Å². The number of carbonyl (C=O) groups excluding carboxylic acids is 1. The molecular formula is C16H25N3O2. The molecule has 2 heterocycles. The van der Waals surface area contributed by atoms with Gasteiger partial charge >= 0.3 is 0 Å². The quantitative estimate of drug-likeness (QED) is 0.861. The summed E-state index contributed by atoms with van der Waals surface area (Å²) in [7, 11) is 0. The predicted octanol–water partition coefficient (Wildman–Crippen LogP) is 1.48. The normalized spacial score (nSPS) is 20.9. The molecule has 5 nitrogen and oxygen atoms in total. The predicted molar refractivity (Wildman–Crippen MR) is 81.4 cm³/mol. The lowest BCUT2D eigenvalue weighted by Gasteiger charge is -2.38. The number of likely N-dealkylation sites (tertiary alicyclic amines) is 1. The van der Waals surface area contributed by atoms with Crippen molar-refractivity contribution in [1.82, 2.24) is 9.88 Å². The fourth-order valence-electron chi connectivity index (χ4n) is 3.01. The van der Waals surface area contributed by atoms with Gasteiger partial charge in [-0.1, -0.05) is 13.8 Å². The lowest BCUT2D eigenvalue weighted by atomic mass is 9.77. The van der Waals surface area contributed by atoms with Crippen LogP contribution >= 0.6 is 0 Å². The topological polar surface area (TPSA) is 79.5 Å². The number of carbonyl (C=O) groups is 1. The van der Waals surface area contributed by atoms with Gasteiger partial charge in [0.1, 0.15) is 5.54 Å². The zero-order valence-corrected chi connectivity index (χ0v) is 12.8. The van der Waals surface area contributed by atoms with Gasteiger partial charge in [0.05, 0.1) is 6.10 Å². The van der Waals surface area contributed by atoms with E-state index in [0.29, 0.717) is 6.42 Å². The first-order valence-corrected chi connectivity index (χ1v) is 7.67. The van der Waals surface area contributed by atoms with E-state index in [4.69, 9.17) is 5.73 Å². The Labute approximate surface area is 126 Å². The van der Waals surface area contributed by atoms with Crippen molar-refractivity contribution in [3.8, 4) is 0 Å². The fourth-order valence-corrected chi connectivity index (χ4v) is 3.01. The molecule has 1 saturated heterocycles. The Kier molecular flexibility index (Phi) is 4.96. The summed E-state index contributed by atoms with van der Waals surface area (Å²) in [5.41, 5.74) is 6.15. The number of hydrogen-bond acceptors (Lipinski definition) is 4. The molecule has 1 unspecified atom stereocenters. The van der Waals surface area contributed by atoms with E-state index in [-0.39, 0.29) is 11.8 Å². The van der Waals surface area contributed by atoms with E-state index in [1.165, 1.54) is 0 Å². The largest absolute Gasteiger partial charge is 0.388 e. The second kappa shape index (κ2) is 6.54. The summed E-state index contributed by atoms with van der Waals surface area (Å²) >= 11 is 0. The van der Waals surface area contributed by atoms with E-state index < -0.39 is 11.6 Å². The third-order valence-electron chi connectivity index (χ3n) is 4.71. The van der Waals surface area contributed by atoms with Crippen LogP contribution in [0.5, 0.6) is 0 Å². The van der Waals surface area contributed by atoms with Crippen molar-refractivity contribution in [3.05, 3.63) is 30.1 Å². The summed E-state index contributed by atoms with van der Waals surface area (Å²) < 4.78 is 0. The highest BCUT2D eigenvalue weighted by atomic mass is 16.3. The highest BCUT2D eigenvalue weighted by molar-refractivity contribution is 5.86. The van der Waals surface area contributed by atoms with E-state index in [0.717, 1.165) is 31.5 Å². The van der Waals surface area contributed by atoms with Crippen LogP contribution in [0.3, 0.4) is 0 Å². The molecule has 0 bridgehead atoms. The van der Waals surface area contributed by atoms with E-state index in [1.54, 1.807) is 24.5 Å². The Morgan fingerprint density at radius 3 is 2.52 bits per heavy atom. The van der Waals surface area contributed by atoms with E-state index in [2.05, 4.69) is 4.98 Å². The third kappa shape index (κ3) is 3.09. The van der Waals surface area contributed by atoms with Gasteiger partial charge in [-0.05, 0) is 37.0 Å². The van der Waals surface area contributed by atoms with E-state index >= 15 is 0 Å².